The van der Waals surface area contributed by atoms with Crippen LogP contribution in [0.5, 0.6) is 0 Å². The van der Waals surface area contributed by atoms with Gasteiger partial charge in [0.2, 0.25) is 11.7 Å². The molecule has 2 aliphatic carbocycles. The molecule has 0 spiro atoms. The van der Waals surface area contributed by atoms with Crippen molar-refractivity contribution in [3.8, 4) is 0 Å². The van der Waals surface area contributed by atoms with Crippen molar-refractivity contribution in [1.29, 1.82) is 0 Å². The van der Waals surface area contributed by atoms with Crippen LogP contribution in [0.1, 0.15) is 115 Å². The van der Waals surface area contributed by atoms with Crippen molar-refractivity contribution in [2.24, 2.45) is 16.6 Å². The number of nitrogens with zero attached hydrogens (tertiary/aromatic N) is 5. The third kappa shape index (κ3) is 8.28. The van der Waals surface area contributed by atoms with Crippen molar-refractivity contribution in [2.45, 2.75) is 133 Å². The zero-order chi connectivity index (χ0) is 34.5. The molecular weight excluding hydrogens is 620 g/mol. The molecule has 5 amide bonds. The number of primary amides is 1. The molecule has 3 heterocycles. The summed E-state index contributed by atoms with van der Waals surface area (Å²) in [7, 11) is 0. The smallest absolute Gasteiger partial charge is 0.341 e. The highest BCUT2D eigenvalue weighted by Crippen LogP contribution is 2.34. The number of rotatable bonds is 10. The maximum absolute atomic E-state index is 14.6. The fraction of sp³-hybridized carbons (Fsp3) is 0.758. The van der Waals surface area contributed by atoms with Gasteiger partial charge in [-0.3, -0.25) is 19.2 Å². The number of ketones is 1. The van der Waals surface area contributed by atoms with Crippen LogP contribution in [-0.2, 0) is 29.5 Å². The molecule has 4 aliphatic rings. The van der Waals surface area contributed by atoms with Gasteiger partial charge < -0.3 is 31.1 Å². The molecule has 4 fully saturated rings. The summed E-state index contributed by atoms with van der Waals surface area (Å²) >= 11 is 0. The largest absolute Gasteiger partial charge is 0.384 e. The van der Waals surface area contributed by atoms with E-state index in [0.717, 1.165) is 64.2 Å². The summed E-state index contributed by atoms with van der Waals surface area (Å²) in [6.07, 6.45) is 11.8. The van der Waals surface area contributed by atoms with Crippen LogP contribution in [0.15, 0.2) is 11.2 Å². The van der Waals surface area contributed by atoms with E-state index in [4.69, 9.17) is 10.5 Å². The summed E-state index contributed by atoms with van der Waals surface area (Å²) in [4.78, 5) is 72.9. The summed E-state index contributed by atoms with van der Waals surface area (Å²) in [5, 5.41) is 24.8. The Morgan fingerprint density at radius 2 is 1.69 bits per heavy atom. The average molecular weight is 671 g/mol. The number of nitrogens with two attached hydrogens (primary N) is 1. The summed E-state index contributed by atoms with van der Waals surface area (Å²) in [5.41, 5.74) is 3.00. The van der Waals surface area contributed by atoms with Gasteiger partial charge in [-0.25, -0.2) is 9.48 Å². The van der Waals surface area contributed by atoms with E-state index in [2.05, 4.69) is 25.9 Å². The number of aliphatic imine (C=N–C) groups is 1. The van der Waals surface area contributed by atoms with Gasteiger partial charge in [0.1, 0.15) is 22.9 Å². The summed E-state index contributed by atoms with van der Waals surface area (Å²) in [6.45, 7) is 3.47. The second-order valence-electron chi connectivity index (χ2n) is 14.4. The quantitative estimate of drug-likeness (QED) is 0.211. The third-order valence-corrected chi connectivity index (χ3v) is 10.4. The number of nitrogens with one attached hydrogen (secondary N) is 2. The summed E-state index contributed by atoms with van der Waals surface area (Å²) in [6, 6.07) is -2.24. The number of Topliss-reactive ketones (excluding diaryl/α,β-unsaturated/α-hetero) is 1. The van der Waals surface area contributed by atoms with Crippen molar-refractivity contribution in [1.82, 2.24) is 30.5 Å². The second-order valence-corrected chi connectivity index (χ2v) is 14.4. The molecular formula is C33H50N8O7. The lowest BCUT2D eigenvalue weighted by Gasteiger charge is -2.37. The Balaban J connectivity index is 1.47. The molecule has 0 unspecified atom stereocenters. The Labute approximate surface area is 280 Å². The monoisotopic (exact) mass is 670 g/mol. The Hall–Kier alpha value is -3.72. The van der Waals surface area contributed by atoms with E-state index < -0.39 is 52.8 Å². The molecule has 0 aromatic carbocycles. The minimum Gasteiger partial charge on any atom is -0.384 e. The number of hydrogen-bond donors (Lipinski definition) is 4. The Morgan fingerprint density at radius 1 is 1.04 bits per heavy atom. The van der Waals surface area contributed by atoms with Gasteiger partial charge in [0.25, 0.3) is 11.8 Å². The predicted molar refractivity (Wildman–Crippen MR) is 174 cm³/mol. The molecule has 2 saturated carbocycles. The molecule has 5 rings (SSSR count). The first kappa shape index (κ1) is 35.6. The Kier molecular flexibility index (Phi) is 11.3. The summed E-state index contributed by atoms with van der Waals surface area (Å²) in [5.74, 6) is -3.11. The van der Waals surface area contributed by atoms with Crippen LogP contribution in [0.3, 0.4) is 0 Å². The highest BCUT2D eigenvalue weighted by atomic mass is 16.5. The van der Waals surface area contributed by atoms with E-state index in [1.807, 2.05) is 0 Å². The topological polar surface area (TPSA) is 211 Å². The van der Waals surface area contributed by atoms with Crippen molar-refractivity contribution >= 4 is 35.2 Å². The number of carbonyl (C=O) groups excluding carboxylic acids is 5. The number of urea groups is 1. The van der Waals surface area contributed by atoms with Gasteiger partial charge in [0, 0.05) is 45.1 Å². The van der Waals surface area contributed by atoms with E-state index in [0.29, 0.717) is 12.1 Å². The fourth-order valence-electron chi connectivity index (χ4n) is 7.69. The zero-order valence-corrected chi connectivity index (χ0v) is 28.1. The lowest BCUT2D eigenvalue weighted by molar-refractivity contribution is -0.146. The van der Waals surface area contributed by atoms with Crippen molar-refractivity contribution < 1.29 is 33.8 Å². The number of likely N-dealkylation sites (tertiary alicyclic amines) is 1. The molecule has 5 N–H and O–H groups in total. The first-order chi connectivity index (χ1) is 22.9. The zero-order valence-electron chi connectivity index (χ0n) is 28.1. The van der Waals surface area contributed by atoms with Gasteiger partial charge in [-0.05, 0) is 39.0 Å². The molecule has 264 valence electrons. The SMILES string of the molecule is CC(C)(O)c1cnnn1[C@H]1C[C@@H](C(=O)NC2(C(=O)C(N)=O)CCOCC2)N(C(=O)C(CC2CCCCC2)=NC(=O)NC2CCCCC2)C1. The minimum absolute atomic E-state index is 0.00162. The minimum atomic E-state index is -1.57. The lowest BCUT2D eigenvalue weighted by atomic mass is 9.84. The molecule has 15 nitrogen and oxygen atoms in total. The lowest BCUT2D eigenvalue weighted by Crippen LogP contribution is -2.63. The number of hydrogen-bond acceptors (Lipinski definition) is 9. The Bertz CT molecular complexity index is 1380. The maximum Gasteiger partial charge on any atom is 0.341 e. The van der Waals surface area contributed by atoms with E-state index >= 15 is 0 Å². The van der Waals surface area contributed by atoms with Crippen LogP contribution < -0.4 is 16.4 Å². The van der Waals surface area contributed by atoms with Crippen LogP contribution in [-0.4, -0.2) is 97.6 Å². The molecule has 1 aromatic rings. The molecule has 2 saturated heterocycles. The Morgan fingerprint density at radius 3 is 2.31 bits per heavy atom. The first-order valence-corrected chi connectivity index (χ1v) is 17.4. The van der Waals surface area contributed by atoms with E-state index in [9.17, 15) is 29.1 Å². The predicted octanol–water partition coefficient (Wildman–Crippen LogP) is 1.82. The average Bonchev–Trinajstić information content (AvgIpc) is 3.74. The molecule has 48 heavy (non-hydrogen) atoms. The molecule has 0 bridgehead atoms. The van der Waals surface area contributed by atoms with Gasteiger partial charge in [-0.2, -0.15) is 4.99 Å². The highest BCUT2D eigenvalue weighted by molar-refractivity contribution is 6.41. The van der Waals surface area contributed by atoms with Gasteiger partial charge in [-0.1, -0.05) is 56.6 Å². The molecule has 2 atom stereocenters. The van der Waals surface area contributed by atoms with Crippen LogP contribution in [0.25, 0.3) is 0 Å². The van der Waals surface area contributed by atoms with Crippen LogP contribution in [0, 0.1) is 5.92 Å². The third-order valence-electron chi connectivity index (χ3n) is 10.4. The van der Waals surface area contributed by atoms with Crippen molar-refractivity contribution in [2.75, 3.05) is 19.8 Å². The first-order valence-electron chi connectivity index (χ1n) is 17.4. The highest BCUT2D eigenvalue weighted by Gasteiger charge is 2.49. The normalized spacial score (nSPS) is 24.2. The second kappa shape index (κ2) is 15.2. The van der Waals surface area contributed by atoms with E-state index in [1.54, 1.807) is 13.8 Å². The van der Waals surface area contributed by atoms with Gasteiger partial charge >= 0.3 is 6.03 Å². The van der Waals surface area contributed by atoms with Crippen LogP contribution >= 0.6 is 0 Å². The van der Waals surface area contributed by atoms with Crippen LogP contribution in [0.2, 0.25) is 0 Å². The van der Waals surface area contributed by atoms with Gasteiger partial charge in [0.05, 0.1) is 17.9 Å². The number of aliphatic hydroxyl groups is 1. The van der Waals surface area contributed by atoms with Crippen molar-refractivity contribution in [3.63, 3.8) is 0 Å². The fourth-order valence-corrected chi connectivity index (χ4v) is 7.69. The molecule has 1 aromatic heterocycles. The number of ether oxygens (including phenoxy) is 1. The van der Waals surface area contributed by atoms with Crippen molar-refractivity contribution in [3.05, 3.63) is 11.9 Å². The van der Waals surface area contributed by atoms with Crippen LogP contribution in [0.4, 0.5) is 4.79 Å². The number of amides is 5. The van der Waals surface area contributed by atoms with E-state index in [-0.39, 0.29) is 56.7 Å². The van der Waals surface area contributed by atoms with Gasteiger partial charge in [-0.15, -0.1) is 5.10 Å². The molecule has 0 radical (unpaired) electrons. The number of carbonyl (C=O) groups is 5. The maximum atomic E-state index is 14.6. The molecule has 2 aliphatic heterocycles. The summed E-state index contributed by atoms with van der Waals surface area (Å²) < 4.78 is 6.92. The molecule has 15 heteroatoms. The standard InChI is InChI=1S/C33H50N8O7/c1-32(2,47)26-19-35-39-41(26)23-18-25(29(44)38-33(27(42)28(34)43)13-15-48-16-14-33)40(20-23)30(45)24(17-21-9-5-3-6-10-21)37-31(46)36-22-11-7-4-8-12-22/h19,21-23,25,47H,3-18,20H2,1-2H3,(H2,34,43)(H,36,46)(H,38,44)/t23-,25-/m0/s1. The van der Waals surface area contributed by atoms with Gasteiger partial charge in [0.15, 0.2) is 0 Å². The number of aromatic nitrogens is 3. The van der Waals surface area contributed by atoms with E-state index in [1.165, 1.54) is 15.8 Å².